The van der Waals surface area contributed by atoms with Gasteiger partial charge >= 0.3 is 0 Å². The molecule has 3 rings (SSSR count). The number of aliphatic imine (C=N–C) groups is 1. The molecule has 0 aliphatic carbocycles. The molecule has 1 aliphatic heterocycles. The number of nitrogens with zero attached hydrogens (tertiary/aromatic N) is 3. The molecule has 0 atom stereocenters. The van der Waals surface area contributed by atoms with Crippen molar-refractivity contribution in [3.63, 3.8) is 0 Å². The Morgan fingerprint density at radius 3 is 2.65 bits per heavy atom. The Balaban J connectivity index is 0.00000341. The number of benzene rings is 1. The number of hydrogen-bond acceptors (Lipinski definition) is 3. The zero-order chi connectivity index (χ0) is 21.2. The Morgan fingerprint density at radius 2 is 1.97 bits per heavy atom. The SMILES string of the molecule is CCNC(=NCC1CCN(Cc2ccccc2F)CC1)NCCc1ccc(Cl)nc1.I. The van der Waals surface area contributed by atoms with Crippen LogP contribution in [0, 0.1) is 11.7 Å². The molecule has 1 aliphatic rings. The standard InChI is InChI=1S/C23H31ClFN5.HI/c1-2-26-23(27-12-9-18-7-8-22(24)28-15-18)29-16-19-10-13-30(14-11-19)17-20-5-3-4-6-21(20)25;/h3-8,15,19H,2,9-14,16-17H2,1H3,(H2,26,27,29);1H. The van der Waals surface area contributed by atoms with Crippen molar-refractivity contribution in [1.82, 2.24) is 20.5 Å². The van der Waals surface area contributed by atoms with E-state index in [0.717, 1.165) is 69.1 Å². The molecule has 0 amide bonds. The lowest BCUT2D eigenvalue weighted by molar-refractivity contribution is 0.179. The molecule has 5 nitrogen and oxygen atoms in total. The average molecular weight is 560 g/mol. The molecule has 8 heteroatoms. The monoisotopic (exact) mass is 559 g/mol. The van der Waals surface area contributed by atoms with Gasteiger partial charge in [-0.2, -0.15) is 0 Å². The Morgan fingerprint density at radius 1 is 1.19 bits per heavy atom. The van der Waals surface area contributed by atoms with Crippen LogP contribution >= 0.6 is 35.6 Å². The van der Waals surface area contributed by atoms with Crippen molar-refractivity contribution in [3.8, 4) is 0 Å². The summed E-state index contributed by atoms with van der Waals surface area (Å²) in [6, 6.07) is 10.9. The molecule has 1 aromatic heterocycles. The fourth-order valence-corrected chi connectivity index (χ4v) is 3.75. The molecule has 2 aromatic rings. The van der Waals surface area contributed by atoms with E-state index in [2.05, 4.69) is 27.4 Å². The molecule has 0 bridgehead atoms. The Bertz CT molecular complexity index is 810. The summed E-state index contributed by atoms with van der Waals surface area (Å²) in [4.78, 5) is 11.2. The largest absolute Gasteiger partial charge is 0.357 e. The quantitative estimate of drug-likeness (QED) is 0.216. The number of halogens is 3. The van der Waals surface area contributed by atoms with Crippen LogP contribution in [-0.2, 0) is 13.0 Å². The Kier molecular flexibility index (Phi) is 11.5. The predicted octanol–water partition coefficient (Wildman–Crippen LogP) is 4.50. The van der Waals surface area contributed by atoms with E-state index in [1.807, 2.05) is 30.5 Å². The Hall–Kier alpha value is -1.45. The number of aromatic nitrogens is 1. The zero-order valence-electron chi connectivity index (χ0n) is 18.0. The molecule has 170 valence electrons. The fraction of sp³-hybridized carbons (Fsp3) is 0.478. The summed E-state index contributed by atoms with van der Waals surface area (Å²) in [5.74, 6) is 1.31. The van der Waals surface area contributed by atoms with Gasteiger partial charge in [-0.3, -0.25) is 9.89 Å². The molecule has 2 N–H and O–H groups in total. The van der Waals surface area contributed by atoms with Crippen LogP contribution in [0.15, 0.2) is 47.6 Å². The van der Waals surface area contributed by atoms with Gasteiger partial charge in [0.25, 0.3) is 0 Å². The molecular formula is C23H32ClFIN5. The van der Waals surface area contributed by atoms with E-state index in [1.165, 1.54) is 6.07 Å². The van der Waals surface area contributed by atoms with E-state index in [0.29, 0.717) is 17.6 Å². The number of rotatable bonds is 8. The zero-order valence-corrected chi connectivity index (χ0v) is 21.1. The highest BCUT2D eigenvalue weighted by molar-refractivity contribution is 14.0. The average Bonchev–Trinajstić information content (AvgIpc) is 2.76. The highest BCUT2D eigenvalue weighted by Crippen LogP contribution is 2.20. The summed E-state index contributed by atoms with van der Waals surface area (Å²) in [7, 11) is 0. The molecule has 1 aromatic carbocycles. The summed E-state index contributed by atoms with van der Waals surface area (Å²) in [5, 5.41) is 7.23. The number of piperidine rings is 1. The first-order chi connectivity index (χ1) is 14.6. The first kappa shape index (κ1) is 25.8. The number of nitrogens with one attached hydrogen (secondary N) is 2. The van der Waals surface area contributed by atoms with Gasteiger partial charge in [-0.25, -0.2) is 9.37 Å². The fourth-order valence-electron chi connectivity index (χ4n) is 3.64. The van der Waals surface area contributed by atoms with Crippen molar-refractivity contribution >= 4 is 41.5 Å². The molecule has 0 unspecified atom stereocenters. The van der Waals surface area contributed by atoms with Gasteiger partial charge in [0, 0.05) is 37.9 Å². The minimum atomic E-state index is -0.111. The second kappa shape index (κ2) is 13.9. The number of hydrogen-bond donors (Lipinski definition) is 2. The maximum atomic E-state index is 13.9. The van der Waals surface area contributed by atoms with E-state index in [-0.39, 0.29) is 29.8 Å². The third kappa shape index (κ3) is 8.90. The lowest BCUT2D eigenvalue weighted by Crippen LogP contribution is -2.39. The van der Waals surface area contributed by atoms with E-state index in [4.69, 9.17) is 16.6 Å². The van der Waals surface area contributed by atoms with Gasteiger partial charge in [-0.1, -0.05) is 35.9 Å². The van der Waals surface area contributed by atoms with Gasteiger partial charge in [0.2, 0.25) is 0 Å². The second-order valence-corrected chi connectivity index (χ2v) is 8.08. The molecule has 0 radical (unpaired) electrons. The van der Waals surface area contributed by atoms with E-state index in [9.17, 15) is 4.39 Å². The van der Waals surface area contributed by atoms with Crippen molar-refractivity contribution in [1.29, 1.82) is 0 Å². The molecule has 1 saturated heterocycles. The van der Waals surface area contributed by atoms with Crippen molar-refractivity contribution in [2.24, 2.45) is 10.9 Å². The van der Waals surface area contributed by atoms with Crippen molar-refractivity contribution < 1.29 is 4.39 Å². The second-order valence-electron chi connectivity index (χ2n) is 7.70. The van der Waals surface area contributed by atoms with Crippen LogP contribution in [0.5, 0.6) is 0 Å². The van der Waals surface area contributed by atoms with Crippen LogP contribution in [-0.4, -0.2) is 48.6 Å². The molecule has 1 fully saturated rings. The highest BCUT2D eigenvalue weighted by atomic mass is 127. The summed E-state index contributed by atoms with van der Waals surface area (Å²) in [6.45, 7) is 7.16. The summed E-state index contributed by atoms with van der Waals surface area (Å²) >= 11 is 5.83. The van der Waals surface area contributed by atoms with Gasteiger partial charge in [0.15, 0.2) is 5.96 Å². The van der Waals surface area contributed by atoms with E-state index < -0.39 is 0 Å². The normalized spacial score (nSPS) is 15.4. The van der Waals surface area contributed by atoms with Gasteiger partial charge in [0.05, 0.1) is 0 Å². The lowest BCUT2D eigenvalue weighted by atomic mass is 9.96. The van der Waals surface area contributed by atoms with Crippen molar-refractivity contribution in [3.05, 3.63) is 64.7 Å². The first-order valence-electron chi connectivity index (χ1n) is 10.7. The predicted molar refractivity (Wildman–Crippen MR) is 137 cm³/mol. The maximum absolute atomic E-state index is 13.9. The highest BCUT2D eigenvalue weighted by Gasteiger charge is 2.20. The molecule has 2 heterocycles. The molecule has 0 spiro atoms. The summed E-state index contributed by atoms with van der Waals surface area (Å²) in [5.41, 5.74) is 1.92. The number of pyridine rings is 1. The molecular weight excluding hydrogens is 528 g/mol. The van der Waals surface area contributed by atoms with E-state index in [1.54, 1.807) is 6.07 Å². The summed E-state index contributed by atoms with van der Waals surface area (Å²) in [6.07, 6.45) is 4.85. The van der Waals surface area contributed by atoms with Crippen LogP contribution in [0.4, 0.5) is 4.39 Å². The number of guanidine groups is 1. The minimum Gasteiger partial charge on any atom is -0.357 e. The topological polar surface area (TPSA) is 52.6 Å². The summed E-state index contributed by atoms with van der Waals surface area (Å²) < 4.78 is 13.9. The molecule has 31 heavy (non-hydrogen) atoms. The van der Waals surface area contributed by atoms with Gasteiger partial charge < -0.3 is 10.6 Å². The maximum Gasteiger partial charge on any atom is 0.191 e. The van der Waals surface area contributed by atoms with Gasteiger partial charge in [-0.05, 0) is 62.9 Å². The van der Waals surface area contributed by atoms with Crippen LogP contribution in [0.25, 0.3) is 0 Å². The third-order valence-electron chi connectivity index (χ3n) is 5.41. The lowest BCUT2D eigenvalue weighted by Gasteiger charge is -2.31. The van der Waals surface area contributed by atoms with Crippen molar-refractivity contribution in [2.75, 3.05) is 32.7 Å². The minimum absolute atomic E-state index is 0. The van der Waals surface area contributed by atoms with Crippen LogP contribution in [0.2, 0.25) is 5.15 Å². The van der Waals surface area contributed by atoms with Crippen LogP contribution < -0.4 is 10.6 Å². The smallest absolute Gasteiger partial charge is 0.191 e. The Labute approximate surface area is 206 Å². The van der Waals surface area contributed by atoms with Crippen molar-refractivity contribution in [2.45, 2.75) is 32.7 Å². The third-order valence-corrected chi connectivity index (χ3v) is 5.63. The van der Waals surface area contributed by atoms with E-state index >= 15 is 0 Å². The van der Waals surface area contributed by atoms with Gasteiger partial charge in [-0.15, -0.1) is 24.0 Å². The van der Waals surface area contributed by atoms with Gasteiger partial charge in [0.1, 0.15) is 11.0 Å². The first-order valence-corrected chi connectivity index (χ1v) is 11.1. The number of likely N-dealkylation sites (tertiary alicyclic amines) is 1. The molecule has 0 saturated carbocycles. The van der Waals surface area contributed by atoms with Crippen LogP contribution in [0.1, 0.15) is 30.9 Å². The van der Waals surface area contributed by atoms with Crippen LogP contribution in [0.3, 0.4) is 0 Å².